The van der Waals surface area contributed by atoms with Gasteiger partial charge in [0.15, 0.2) is 0 Å². The van der Waals surface area contributed by atoms with Gasteiger partial charge in [0.25, 0.3) is 0 Å². The van der Waals surface area contributed by atoms with E-state index in [1.807, 2.05) is 6.07 Å². The SMILES string of the molecule is Cc1cn([C@H]2C[C@@H]3[C@@H](COC(CCC[Se]c4ccccc4)N3O)O2)c(=O)[nH]c1=O. The zero-order chi connectivity index (χ0) is 20.4. The topological polar surface area (TPSA) is 96.8 Å². The van der Waals surface area contributed by atoms with E-state index < -0.39 is 17.5 Å². The Hall–Kier alpha value is -1.74. The van der Waals surface area contributed by atoms with Gasteiger partial charge in [0.1, 0.15) is 0 Å². The van der Waals surface area contributed by atoms with Crippen LogP contribution in [0.5, 0.6) is 0 Å². The number of aryl methyl sites for hydroxylation is 1. The Morgan fingerprint density at radius 1 is 1.28 bits per heavy atom. The van der Waals surface area contributed by atoms with Crippen molar-refractivity contribution >= 4 is 19.4 Å². The van der Waals surface area contributed by atoms with Gasteiger partial charge in [-0.25, -0.2) is 0 Å². The molecular formula is C20H25N3O5Se. The fraction of sp³-hybridized carbons (Fsp3) is 0.500. The minimum Gasteiger partial charge on any atom is -0.269 e. The van der Waals surface area contributed by atoms with E-state index in [-0.39, 0.29) is 18.4 Å². The van der Waals surface area contributed by atoms with E-state index in [4.69, 9.17) is 9.47 Å². The van der Waals surface area contributed by atoms with Crippen LogP contribution >= 0.6 is 0 Å². The molecule has 2 saturated heterocycles. The van der Waals surface area contributed by atoms with Gasteiger partial charge in [-0.1, -0.05) is 0 Å². The van der Waals surface area contributed by atoms with Crippen LogP contribution in [0.2, 0.25) is 5.32 Å². The molecule has 0 amide bonds. The van der Waals surface area contributed by atoms with Crippen LogP contribution in [0.1, 0.15) is 31.1 Å². The molecule has 3 heterocycles. The maximum atomic E-state index is 12.1. The summed E-state index contributed by atoms with van der Waals surface area (Å²) in [5, 5.41) is 13.0. The number of ether oxygens (including phenoxy) is 2. The predicted octanol–water partition coefficient (Wildman–Crippen LogP) is 0.777. The molecule has 29 heavy (non-hydrogen) atoms. The van der Waals surface area contributed by atoms with Gasteiger partial charge in [-0.3, -0.25) is 4.79 Å². The molecule has 0 bridgehead atoms. The van der Waals surface area contributed by atoms with Gasteiger partial charge in [-0.2, -0.15) is 0 Å². The number of H-pyrrole nitrogens is 1. The average molecular weight is 466 g/mol. The molecule has 2 aromatic rings. The van der Waals surface area contributed by atoms with Crippen molar-refractivity contribution in [2.75, 3.05) is 6.61 Å². The summed E-state index contributed by atoms with van der Waals surface area (Å²) in [4.78, 5) is 26.0. The molecule has 2 fully saturated rings. The minimum atomic E-state index is -0.536. The van der Waals surface area contributed by atoms with Crippen LogP contribution in [0.4, 0.5) is 0 Å². The smallest absolute Gasteiger partial charge is 0.269 e. The molecule has 1 aromatic heterocycles. The zero-order valence-electron chi connectivity index (χ0n) is 16.2. The first-order valence-electron chi connectivity index (χ1n) is 9.77. The summed E-state index contributed by atoms with van der Waals surface area (Å²) < 4.78 is 14.5. The molecule has 2 aliphatic heterocycles. The Bertz CT molecular complexity index is 947. The number of nitrogens with one attached hydrogen (secondary N) is 1. The van der Waals surface area contributed by atoms with Crippen molar-refractivity contribution in [3.8, 4) is 0 Å². The van der Waals surface area contributed by atoms with E-state index in [9.17, 15) is 14.8 Å². The number of aromatic nitrogens is 2. The second-order valence-electron chi connectivity index (χ2n) is 7.38. The number of hydrogen-bond donors (Lipinski definition) is 2. The van der Waals surface area contributed by atoms with Crippen molar-refractivity contribution < 1.29 is 14.7 Å². The number of hydroxylamine groups is 2. The van der Waals surface area contributed by atoms with E-state index in [0.717, 1.165) is 18.2 Å². The van der Waals surface area contributed by atoms with Gasteiger partial charge in [0.05, 0.1) is 0 Å². The molecule has 4 atom stereocenters. The standard InChI is InChI=1S/C20H25N3O5Se/c1-13-11-22(20(25)21-19(13)24)18-10-15-16(28-18)12-27-17(23(15)26)8-5-9-29-14-6-3-2-4-7-14/h2-4,6-7,11,15-18,26H,5,8-10,12H2,1H3,(H,21,24,25)/t15-,16-,17?,18-/m1/s1. The van der Waals surface area contributed by atoms with Crippen LogP contribution in [0.25, 0.3) is 0 Å². The van der Waals surface area contributed by atoms with Crippen LogP contribution in [0.15, 0.2) is 46.1 Å². The number of fused-ring (bicyclic) bond motifs is 1. The quantitative estimate of drug-likeness (QED) is 0.483. The average Bonchev–Trinajstić information content (AvgIpc) is 3.15. The Labute approximate surface area is 174 Å². The summed E-state index contributed by atoms with van der Waals surface area (Å²) in [6.45, 7) is 2.02. The molecule has 1 unspecified atom stereocenters. The molecule has 1 aromatic carbocycles. The van der Waals surface area contributed by atoms with Crippen LogP contribution in [-0.4, -0.2) is 59.8 Å². The van der Waals surface area contributed by atoms with Crippen molar-refractivity contribution in [2.45, 2.75) is 56.1 Å². The molecule has 0 aliphatic carbocycles. The predicted molar refractivity (Wildman–Crippen MR) is 108 cm³/mol. The van der Waals surface area contributed by atoms with E-state index in [1.54, 1.807) is 6.92 Å². The summed E-state index contributed by atoms with van der Waals surface area (Å²) in [7, 11) is 0. The molecule has 156 valence electrons. The Kier molecular flexibility index (Phi) is 6.34. The summed E-state index contributed by atoms with van der Waals surface area (Å²) >= 11 is 0.420. The van der Waals surface area contributed by atoms with Crippen LogP contribution in [0.3, 0.4) is 0 Å². The van der Waals surface area contributed by atoms with E-state index in [0.29, 0.717) is 33.5 Å². The molecule has 0 saturated carbocycles. The third kappa shape index (κ3) is 4.55. The number of hydrogen-bond acceptors (Lipinski definition) is 6. The Balaban J connectivity index is 1.33. The van der Waals surface area contributed by atoms with Gasteiger partial charge in [0, 0.05) is 0 Å². The number of benzene rings is 1. The van der Waals surface area contributed by atoms with Crippen molar-refractivity contribution in [2.24, 2.45) is 0 Å². The van der Waals surface area contributed by atoms with Gasteiger partial charge in [-0.15, -0.1) is 0 Å². The molecule has 2 N–H and O–H groups in total. The maximum absolute atomic E-state index is 12.1. The normalized spacial score (nSPS) is 27.1. The zero-order valence-corrected chi connectivity index (χ0v) is 17.9. The fourth-order valence-electron chi connectivity index (χ4n) is 3.79. The summed E-state index contributed by atoms with van der Waals surface area (Å²) in [5.74, 6) is 0. The third-order valence-electron chi connectivity index (χ3n) is 5.36. The van der Waals surface area contributed by atoms with Gasteiger partial charge in [-0.05, 0) is 0 Å². The van der Waals surface area contributed by atoms with E-state index >= 15 is 0 Å². The van der Waals surface area contributed by atoms with Gasteiger partial charge >= 0.3 is 170 Å². The van der Waals surface area contributed by atoms with E-state index in [1.165, 1.54) is 20.3 Å². The van der Waals surface area contributed by atoms with Gasteiger partial charge < -0.3 is 0 Å². The number of aromatic amines is 1. The van der Waals surface area contributed by atoms with Crippen LogP contribution in [-0.2, 0) is 9.47 Å². The summed E-state index contributed by atoms with van der Waals surface area (Å²) in [6, 6.07) is 10.2. The molecule has 0 radical (unpaired) electrons. The fourth-order valence-corrected chi connectivity index (χ4v) is 5.67. The van der Waals surface area contributed by atoms with Crippen LogP contribution < -0.4 is 15.7 Å². The van der Waals surface area contributed by atoms with Crippen molar-refractivity contribution in [3.05, 3.63) is 62.9 Å². The molecular weight excluding hydrogens is 441 g/mol. The summed E-state index contributed by atoms with van der Waals surface area (Å²) in [6.07, 6.45) is 2.47. The van der Waals surface area contributed by atoms with Crippen molar-refractivity contribution in [3.63, 3.8) is 0 Å². The number of rotatable bonds is 6. The minimum absolute atomic E-state index is 0.238. The second-order valence-corrected chi connectivity index (χ2v) is 9.83. The molecule has 0 spiro atoms. The molecule has 9 heteroatoms. The third-order valence-corrected chi connectivity index (χ3v) is 7.66. The molecule has 8 nitrogen and oxygen atoms in total. The monoisotopic (exact) mass is 467 g/mol. The first-order valence-corrected chi connectivity index (χ1v) is 11.8. The molecule has 2 aliphatic rings. The number of nitrogens with zero attached hydrogens (tertiary/aromatic N) is 2. The van der Waals surface area contributed by atoms with Crippen LogP contribution in [0, 0.1) is 6.92 Å². The first-order chi connectivity index (χ1) is 14.0. The van der Waals surface area contributed by atoms with E-state index in [2.05, 4.69) is 29.2 Å². The molecule has 4 rings (SSSR count). The van der Waals surface area contributed by atoms with Crippen molar-refractivity contribution in [1.82, 2.24) is 14.6 Å². The summed E-state index contributed by atoms with van der Waals surface area (Å²) in [5.41, 5.74) is -0.460. The van der Waals surface area contributed by atoms with Gasteiger partial charge in [0.2, 0.25) is 0 Å². The first kappa shape index (κ1) is 20.5. The second kappa shape index (κ2) is 8.95. The Morgan fingerprint density at radius 2 is 2.07 bits per heavy atom. The Morgan fingerprint density at radius 3 is 2.86 bits per heavy atom. The van der Waals surface area contributed by atoms with Crippen molar-refractivity contribution in [1.29, 1.82) is 0 Å².